The van der Waals surface area contributed by atoms with Gasteiger partial charge in [-0.15, -0.1) is 0 Å². The fourth-order valence-corrected chi connectivity index (χ4v) is 7.51. The predicted octanol–water partition coefficient (Wildman–Crippen LogP) is 5.62. The van der Waals surface area contributed by atoms with Gasteiger partial charge >= 0.3 is 25.2 Å². The number of ether oxygens (including phenoxy) is 2. The number of hydrogen-bond donors (Lipinski definition) is 3. The molecule has 0 aliphatic carbocycles. The lowest BCUT2D eigenvalue weighted by molar-refractivity contribution is -0.163. The Kier molecular flexibility index (Phi) is 14.7. The molecule has 2 aliphatic heterocycles. The summed E-state index contributed by atoms with van der Waals surface area (Å²) in [6.45, 7) is 10.1. The molecule has 2 heterocycles. The molecule has 322 valence electrons. The zero-order chi connectivity index (χ0) is 44.1. The van der Waals surface area contributed by atoms with E-state index in [0.29, 0.717) is 29.7 Å². The van der Waals surface area contributed by atoms with Crippen molar-refractivity contribution in [1.82, 2.24) is 10.6 Å². The zero-order valence-corrected chi connectivity index (χ0v) is 35.4. The monoisotopic (exact) mass is 846 g/mol. The number of amides is 4. The van der Waals surface area contributed by atoms with Crippen molar-refractivity contribution in [2.45, 2.75) is 111 Å². The van der Waals surface area contributed by atoms with Crippen molar-refractivity contribution in [2.24, 2.45) is 16.6 Å². The zero-order valence-electron chi connectivity index (χ0n) is 34.5. The Morgan fingerprint density at radius 1 is 0.932 bits per heavy atom. The molecular weight excluding hydrogens is 793 g/mol. The van der Waals surface area contributed by atoms with E-state index in [9.17, 15) is 33.3 Å². The molecule has 0 fully saturated rings. The van der Waals surface area contributed by atoms with E-state index >= 15 is 8.78 Å². The molecule has 3 atom stereocenters. The maximum absolute atomic E-state index is 16.0. The highest BCUT2D eigenvalue weighted by Crippen LogP contribution is 2.67. The summed E-state index contributed by atoms with van der Waals surface area (Å²) < 4.78 is 65.3. The second-order valence-electron chi connectivity index (χ2n) is 16.7. The van der Waals surface area contributed by atoms with E-state index in [1.165, 1.54) is 64.7 Å². The van der Waals surface area contributed by atoms with Crippen LogP contribution in [0.5, 0.6) is 0 Å². The number of benzene rings is 2. The number of primary amides is 1. The highest BCUT2D eigenvalue weighted by molar-refractivity contribution is 7.54. The largest absolute Gasteiger partial charge is 0.438 e. The van der Waals surface area contributed by atoms with Crippen molar-refractivity contribution < 1.29 is 60.6 Å². The van der Waals surface area contributed by atoms with E-state index in [-0.39, 0.29) is 25.3 Å². The minimum atomic E-state index is -5.55. The summed E-state index contributed by atoms with van der Waals surface area (Å²) in [4.78, 5) is 78.0. The van der Waals surface area contributed by atoms with Crippen LogP contribution in [0.1, 0.15) is 96.9 Å². The van der Waals surface area contributed by atoms with E-state index in [4.69, 9.17) is 24.3 Å². The Morgan fingerprint density at radius 3 is 2.03 bits per heavy atom. The van der Waals surface area contributed by atoms with E-state index in [1.807, 2.05) is 18.2 Å². The number of rotatable bonds is 16. The molecule has 1 unspecified atom stereocenters. The van der Waals surface area contributed by atoms with Gasteiger partial charge in [0, 0.05) is 30.5 Å². The number of nitrogens with one attached hydrogen (secondary N) is 2. The van der Waals surface area contributed by atoms with E-state index < -0.39 is 90.9 Å². The fourth-order valence-electron chi connectivity index (χ4n) is 6.26. The van der Waals surface area contributed by atoms with Gasteiger partial charge in [-0.3, -0.25) is 47.3 Å². The van der Waals surface area contributed by atoms with Gasteiger partial charge in [0.2, 0.25) is 37.2 Å². The minimum Gasteiger partial charge on any atom is -0.438 e. The minimum absolute atomic E-state index is 0.0820. The Morgan fingerprint density at radius 2 is 1.49 bits per heavy atom. The average Bonchev–Trinajstić information content (AvgIpc) is 3.49. The van der Waals surface area contributed by atoms with Crippen molar-refractivity contribution in [2.75, 3.05) is 18.5 Å². The van der Waals surface area contributed by atoms with Crippen LogP contribution in [0.2, 0.25) is 0 Å². The second kappa shape index (κ2) is 18.5. The number of halogens is 2. The molecule has 15 nitrogen and oxygen atoms in total. The molecule has 4 rings (SSSR count). The van der Waals surface area contributed by atoms with Gasteiger partial charge in [-0.25, -0.2) is 0 Å². The fraction of sp³-hybridized carbons (Fsp3) is 0.512. The lowest BCUT2D eigenvalue weighted by Gasteiger charge is -2.28. The average molecular weight is 847 g/mol. The van der Waals surface area contributed by atoms with Crippen molar-refractivity contribution in [1.29, 1.82) is 0 Å². The third kappa shape index (κ3) is 11.4. The molecule has 0 saturated heterocycles. The van der Waals surface area contributed by atoms with Crippen LogP contribution >= 0.6 is 7.60 Å². The summed E-state index contributed by atoms with van der Waals surface area (Å²) in [5.41, 5.74) is 1.00. The normalized spacial score (nSPS) is 17.7. The lowest BCUT2D eigenvalue weighted by Crippen LogP contribution is -2.55. The molecule has 2 aromatic rings. The van der Waals surface area contributed by atoms with Crippen LogP contribution in [0, 0.1) is 10.8 Å². The smallest absolute Gasteiger partial charge is 0.410 e. The van der Waals surface area contributed by atoms with Crippen molar-refractivity contribution in [3.63, 3.8) is 0 Å². The van der Waals surface area contributed by atoms with Crippen molar-refractivity contribution in [3.8, 4) is 0 Å². The highest BCUT2D eigenvalue weighted by atomic mass is 31.2. The maximum Gasteiger partial charge on any atom is 0.410 e. The molecule has 2 aromatic carbocycles. The molecule has 0 bridgehead atoms. The number of carbonyl (C=O) groups excluding carboxylic acids is 6. The number of carbonyl (C=O) groups is 6. The lowest BCUT2D eigenvalue weighted by atomic mass is 9.98. The summed E-state index contributed by atoms with van der Waals surface area (Å²) in [6.07, 6.45) is 2.55. The Hall–Kier alpha value is -4.99. The van der Waals surface area contributed by atoms with Crippen molar-refractivity contribution in [3.05, 3.63) is 70.8 Å². The first-order valence-electron chi connectivity index (χ1n) is 19.1. The predicted molar refractivity (Wildman–Crippen MR) is 212 cm³/mol. The van der Waals surface area contributed by atoms with Gasteiger partial charge in [-0.05, 0) is 96.9 Å². The second-order valence-corrected chi connectivity index (χ2v) is 18.7. The summed E-state index contributed by atoms with van der Waals surface area (Å²) in [5, 5.41) is 5.61. The summed E-state index contributed by atoms with van der Waals surface area (Å²) >= 11 is 0. The van der Waals surface area contributed by atoms with Gasteiger partial charge in [0.15, 0.2) is 0 Å². The number of allylic oxidation sites excluding steroid dienone is 1. The molecule has 4 N–H and O–H groups in total. The van der Waals surface area contributed by atoms with Crippen LogP contribution in [0.3, 0.4) is 0 Å². The first-order valence-corrected chi connectivity index (χ1v) is 20.6. The molecule has 0 aromatic heterocycles. The Balaban J connectivity index is 1.49. The third-order valence-corrected chi connectivity index (χ3v) is 11.5. The molecular formula is C41H53F2N4O11P. The van der Waals surface area contributed by atoms with Crippen LogP contribution in [0.15, 0.2) is 48.5 Å². The summed E-state index contributed by atoms with van der Waals surface area (Å²) in [7, 11) is -5.55. The van der Waals surface area contributed by atoms with Gasteiger partial charge in [0.05, 0.1) is 16.5 Å². The van der Waals surface area contributed by atoms with E-state index in [0.717, 1.165) is 23.3 Å². The molecule has 0 radical (unpaired) electrons. The van der Waals surface area contributed by atoms with Gasteiger partial charge in [-0.2, -0.15) is 8.78 Å². The third-order valence-electron chi connectivity index (χ3n) is 9.67. The van der Waals surface area contributed by atoms with Crippen LogP contribution in [-0.4, -0.2) is 67.3 Å². The quantitative estimate of drug-likeness (QED) is 0.0818. The van der Waals surface area contributed by atoms with Gasteiger partial charge in [-0.1, -0.05) is 42.5 Å². The molecule has 18 heteroatoms. The highest BCUT2D eigenvalue weighted by Gasteiger charge is 2.56. The van der Waals surface area contributed by atoms with E-state index in [1.54, 1.807) is 13.8 Å². The summed E-state index contributed by atoms with van der Waals surface area (Å²) in [6, 6.07) is 7.69. The first kappa shape index (κ1) is 46.7. The Labute approximate surface area is 342 Å². The van der Waals surface area contributed by atoms with Gasteiger partial charge in [0.25, 0.3) is 0 Å². The summed E-state index contributed by atoms with van der Waals surface area (Å²) in [5.74, 6) is -3.67. The molecule has 4 amide bonds. The number of esters is 2. The number of nitrogens with two attached hydrogens (primary N) is 1. The standard InChI is InChI=1S/C41H53F2N4O11P/c1-24(26-13-16-29(17-14-26)41(42,43)59(54,57-22-55-37(52)39(3,4)5)58-23-56-38(53)40(6,7)8)20-33(49)46-30-18-15-27-10-9-11-28-21-31(47(34(27)28)36(30)51)35(50)45-25(2)12-19-32(44)48/h9-11,13-14,16-17,20,25,30-31H,12,15,18-19,21-23H2,1-8H3,(H2,44,48)(H,45,50)(H,46,49)/b24-20+/t25-,30?,31+/m1/s1. The topological polar surface area (TPSA) is 210 Å². The van der Waals surface area contributed by atoms with Crippen LogP contribution in [0.25, 0.3) is 5.57 Å². The molecule has 59 heavy (non-hydrogen) atoms. The number of alkyl halides is 2. The molecule has 0 spiro atoms. The van der Waals surface area contributed by atoms with Crippen LogP contribution < -0.4 is 21.3 Å². The molecule has 0 saturated carbocycles. The van der Waals surface area contributed by atoms with Crippen LogP contribution in [-0.2, 0) is 70.4 Å². The van der Waals surface area contributed by atoms with Gasteiger partial charge < -0.3 is 25.8 Å². The van der Waals surface area contributed by atoms with Crippen molar-refractivity contribution >= 4 is 54.4 Å². The SMILES string of the molecule is C/C(=C\C(=O)NC1CCc2cccc3c2N(C1=O)[C@H](C(=O)N[C@H](C)CCC(N)=O)C3)c1ccc(C(F)(F)P(=O)(OCOC(=O)C(C)(C)C)OCOC(=O)C(C)(C)C)cc1. The first-order chi connectivity index (χ1) is 27.4. The number of nitrogens with zero attached hydrogens (tertiary/aromatic N) is 1. The van der Waals surface area contributed by atoms with Crippen LogP contribution in [0.4, 0.5) is 14.5 Å². The van der Waals surface area contributed by atoms with E-state index in [2.05, 4.69) is 10.6 Å². The number of para-hydroxylation sites is 1. The Bertz CT molecular complexity index is 1990. The molecule has 2 aliphatic rings. The van der Waals surface area contributed by atoms with Gasteiger partial charge in [0.1, 0.15) is 12.1 Å². The number of hydrogen-bond acceptors (Lipinski definition) is 11. The number of aryl methyl sites for hydroxylation is 1. The number of anilines is 1. The maximum atomic E-state index is 16.0.